The summed E-state index contributed by atoms with van der Waals surface area (Å²) in [6, 6.07) is 0. The topological polar surface area (TPSA) is 0 Å². The van der Waals surface area contributed by atoms with Gasteiger partial charge in [-0.25, -0.2) is 0 Å². The van der Waals surface area contributed by atoms with Crippen LogP contribution in [0.15, 0.2) is 0 Å². The molecule has 0 N–H and O–H groups in total. The van der Waals surface area contributed by atoms with Crippen molar-refractivity contribution in [2.75, 3.05) is 0 Å². The van der Waals surface area contributed by atoms with Crippen LogP contribution >= 0.6 is 0 Å². The van der Waals surface area contributed by atoms with E-state index < -0.39 is 22.8 Å². The number of halogens is 1. The van der Waals surface area contributed by atoms with Crippen LogP contribution in [0.4, 0.5) is 0 Å². The third-order valence-corrected chi connectivity index (χ3v) is 60.8. The first kappa shape index (κ1) is 22.0. The Balaban J connectivity index is -0.000000720. The van der Waals surface area contributed by atoms with Crippen LogP contribution in [-0.4, -0.2) is 30.1 Å². The molecule has 0 aliphatic carbocycles. The van der Waals surface area contributed by atoms with Gasteiger partial charge in [-0.2, -0.15) is 0 Å². The standard InChI is InChI=1S/C9H27Si4.ClH.Zn/c1-11(2,3)10(12(4,5)6)13(7,8)9;;/h1-9H3;1H;/p-1. The summed E-state index contributed by atoms with van der Waals surface area (Å²) in [5, 5.41) is 0. The van der Waals surface area contributed by atoms with Crippen molar-refractivity contribution in [2.24, 2.45) is 0 Å². The summed E-state index contributed by atoms with van der Waals surface area (Å²) in [4.78, 5) is 0. The minimum Gasteiger partial charge on any atom is -1.00 e. The van der Waals surface area contributed by atoms with Crippen LogP contribution in [0.1, 0.15) is 0 Å². The largest absolute Gasteiger partial charge is 1.00 e. The molecule has 1 radical (unpaired) electrons. The molecule has 0 aliphatic rings. The molecule has 0 saturated carbocycles. The van der Waals surface area contributed by atoms with Gasteiger partial charge in [0.05, 0.1) is 0 Å². The van der Waals surface area contributed by atoms with Crippen LogP contribution < -0.4 is 12.4 Å². The van der Waals surface area contributed by atoms with Gasteiger partial charge in [-0.15, -0.1) is 0 Å². The Labute approximate surface area is 120 Å². The van der Waals surface area contributed by atoms with Crippen molar-refractivity contribution in [3.05, 3.63) is 0 Å². The smallest absolute Gasteiger partial charge is 0.0306 e. The Morgan fingerprint density at radius 2 is 0.667 bits per heavy atom. The molecule has 0 aliphatic heterocycles. The van der Waals surface area contributed by atoms with E-state index in [2.05, 4.69) is 58.9 Å². The monoisotopic (exact) mass is 346 g/mol. The van der Waals surface area contributed by atoms with E-state index in [-0.39, 0.29) is 39.2 Å². The SMILES string of the molecule is C[Si](C)(C)[Si]([Si](C)(C)C)[Si](C)(C)C.[Cl-].[Zn]. The molecular weight excluding hydrogens is 321 g/mol. The predicted octanol–water partition coefficient (Wildman–Crippen LogP) is 0.733. The van der Waals surface area contributed by atoms with Crippen molar-refractivity contribution in [1.82, 2.24) is 0 Å². The molecule has 0 spiro atoms. The van der Waals surface area contributed by atoms with Crippen molar-refractivity contribution in [2.45, 2.75) is 58.9 Å². The van der Waals surface area contributed by atoms with E-state index in [9.17, 15) is 0 Å². The first-order valence-corrected chi connectivity index (χ1v) is 20.2. The fourth-order valence-electron chi connectivity index (χ4n) is 3.38. The van der Waals surface area contributed by atoms with Crippen LogP contribution in [0.5, 0.6) is 0 Å². The van der Waals surface area contributed by atoms with E-state index in [1.54, 1.807) is 0 Å². The Bertz CT molecular complexity index is 145. The zero-order chi connectivity index (χ0) is 11.1. The van der Waals surface area contributed by atoms with E-state index in [1.807, 2.05) is 0 Å². The van der Waals surface area contributed by atoms with Crippen molar-refractivity contribution in [1.29, 1.82) is 0 Å². The summed E-state index contributed by atoms with van der Waals surface area (Å²) in [6.45, 7) is 23.5. The molecule has 0 fully saturated rings. The molecule has 0 atom stereocenters. The molecule has 0 unspecified atom stereocenters. The van der Waals surface area contributed by atoms with Gasteiger partial charge in [0.25, 0.3) is 0 Å². The summed E-state index contributed by atoms with van der Waals surface area (Å²) in [6.07, 6.45) is 0. The fraction of sp³-hybridized carbons (Fsp3) is 1.00. The van der Waals surface area contributed by atoms with Gasteiger partial charge in [0, 0.05) is 49.6 Å². The van der Waals surface area contributed by atoms with Gasteiger partial charge >= 0.3 is 0 Å². The second kappa shape index (κ2) is 6.64. The molecule has 0 nitrogen and oxygen atoms in total. The minimum atomic E-state index is -0.832. The molecule has 15 heavy (non-hydrogen) atoms. The Morgan fingerprint density at radius 1 is 0.533 bits per heavy atom. The van der Waals surface area contributed by atoms with Crippen LogP contribution in [0.3, 0.4) is 0 Å². The normalized spacial score (nSPS) is 13.2. The van der Waals surface area contributed by atoms with Gasteiger partial charge in [-0.3, -0.25) is 0 Å². The second-order valence-corrected chi connectivity index (χ2v) is 43.9. The molecule has 0 heterocycles. The van der Waals surface area contributed by atoms with Crippen LogP contribution in [0, 0.1) is 0 Å². The second-order valence-electron chi connectivity index (χ2n) is 7.12. The van der Waals surface area contributed by atoms with Crippen molar-refractivity contribution >= 4 is 30.1 Å². The molecule has 0 aromatic heterocycles. The van der Waals surface area contributed by atoms with E-state index in [1.165, 1.54) is 0 Å². The molecule has 0 rings (SSSR count). The number of hydrogen-bond acceptors (Lipinski definition) is 0. The average molecular weight is 349 g/mol. The van der Waals surface area contributed by atoms with Crippen LogP contribution in [0.25, 0.3) is 0 Å². The fourth-order valence-corrected chi connectivity index (χ4v) is 91.1. The molecule has 0 aromatic carbocycles. The third-order valence-electron chi connectivity index (χ3n) is 2.25. The van der Waals surface area contributed by atoms with E-state index in [4.69, 9.17) is 0 Å². The molecule has 0 bridgehead atoms. The molecule has 0 amide bonds. The zero-order valence-corrected chi connectivity index (χ0v) is 19.8. The zero-order valence-electron chi connectivity index (χ0n) is 12.1. The van der Waals surface area contributed by atoms with Crippen LogP contribution in [0.2, 0.25) is 58.9 Å². The first-order valence-electron chi connectivity index (χ1n) is 5.25. The predicted molar refractivity (Wildman–Crippen MR) is 75.8 cm³/mol. The van der Waals surface area contributed by atoms with Gasteiger partial charge in [0.2, 0.25) is 0 Å². The van der Waals surface area contributed by atoms with Crippen LogP contribution in [-0.2, 0) is 19.5 Å². The van der Waals surface area contributed by atoms with Gasteiger partial charge in [0.15, 0.2) is 0 Å². The summed E-state index contributed by atoms with van der Waals surface area (Å²) in [5.41, 5.74) is 0. The summed E-state index contributed by atoms with van der Waals surface area (Å²) in [5.74, 6) is 0. The molecule has 89 valence electrons. The maximum Gasteiger partial charge on any atom is 0.0306 e. The van der Waals surface area contributed by atoms with Gasteiger partial charge in [-0.1, -0.05) is 58.9 Å². The van der Waals surface area contributed by atoms with Crippen molar-refractivity contribution < 1.29 is 31.9 Å². The Morgan fingerprint density at radius 3 is 0.667 bits per heavy atom. The molecular formula is C9H27ClSi4Zn-. The molecule has 6 heteroatoms. The first-order chi connectivity index (χ1) is 5.37. The Kier molecular flexibility index (Phi) is 9.75. The number of hydrogen-bond donors (Lipinski definition) is 0. The van der Waals surface area contributed by atoms with Crippen molar-refractivity contribution in [3.63, 3.8) is 0 Å². The van der Waals surface area contributed by atoms with Gasteiger partial charge in [0.1, 0.15) is 0 Å². The van der Waals surface area contributed by atoms with E-state index in [0.717, 1.165) is 0 Å². The average Bonchev–Trinajstić information content (AvgIpc) is 1.44. The summed E-state index contributed by atoms with van der Waals surface area (Å²) in [7, 11) is -2.47. The maximum atomic E-state index is 2.61. The van der Waals surface area contributed by atoms with E-state index >= 15 is 0 Å². The van der Waals surface area contributed by atoms with Gasteiger partial charge < -0.3 is 12.4 Å². The maximum absolute atomic E-state index is 2.61. The minimum absolute atomic E-state index is 0. The Hall–Kier alpha value is 1.78. The van der Waals surface area contributed by atoms with E-state index in [0.29, 0.717) is 0 Å². The molecule has 0 aromatic rings. The summed E-state index contributed by atoms with van der Waals surface area (Å²) < 4.78 is 0. The van der Waals surface area contributed by atoms with Gasteiger partial charge in [-0.05, 0) is 0 Å². The number of rotatable bonds is 3. The quantitative estimate of drug-likeness (QED) is 0.660. The summed E-state index contributed by atoms with van der Waals surface area (Å²) >= 11 is 0. The third kappa shape index (κ3) is 7.66. The molecule has 0 saturated heterocycles. The van der Waals surface area contributed by atoms with Crippen molar-refractivity contribution in [3.8, 4) is 0 Å².